The summed E-state index contributed by atoms with van der Waals surface area (Å²) in [7, 11) is 1.96. The fraction of sp³-hybridized carbons (Fsp3) is 0.316. The molecule has 3 nitrogen and oxygen atoms in total. The number of hydrogen-bond donors (Lipinski definition) is 0. The lowest BCUT2D eigenvalue weighted by Gasteiger charge is -2.18. The van der Waals surface area contributed by atoms with Crippen LogP contribution < -0.4 is 0 Å². The van der Waals surface area contributed by atoms with Crippen LogP contribution in [0.4, 0.5) is 8.78 Å². The summed E-state index contributed by atoms with van der Waals surface area (Å²) < 4.78 is 29.6. The number of nitrogens with zero attached hydrogens (tertiary/aromatic N) is 3. The predicted octanol–water partition coefficient (Wildman–Crippen LogP) is 5.22. The molecule has 0 radical (unpaired) electrons. The molecule has 0 unspecified atom stereocenters. The van der Waals surface area contributed by atoms with Crippen molar-refractivity contribution in [1.29, 1.82) is 0 Å². The lowest BCUT2D eigenvalue weighted by molar-refractivity contribution is 0.0717. The summed E-state index contributed by atoms with van der Waals surface area (Å²) in [6.45, 7) is 0.654. The summed E-state index contributed by atoms with van der Waals surface area (Å²) in [6.07, 6.45) is 1.01. The standard InChI is InChI=1S/C19H21F2N3S/c1-3-14-8-10-15(11-9-14)12-22(2)13-23-16-6-4-5-7-17(16)24(18(20)21)19(23)25/h4-11,18H,3,12-13H2,1-2H3. The van der Waals surface area contributed by atoms with E-state index < -0.39 is 6.55 Å². The number of rotatable bonds is 6. The molecule has 0 aliphatic rings. The summed E-state index contributed by atoms with van der Waals surface area (Å²) in [5, 5.41) is 0. The van der Waals surface area contributed by atoms with E-state index in [9.17, 15) is 8.78 Å². The molecule has 3 rings (SSSR count). The van der Waals surface area contributed by atoms with Crippen molar-refractivity contribution < 1.29 is 8.78 Å². The Morgan fingerprint density at radius 2 is 1.60 bits per heavy atom. The molecule has 0 saturated carbocycles. The van der Waals surface area contributed by atoms with Crippen molar-refractivity contribution in [3.63, 3.8) is 0 Å². The SMILES string of the molecule is CCc1ccc(CN(C)Cn2c(=S)n(C(F)F)c3ccccc32)cc1. The van der Waals surface area contributed by atoms with Crippen molar-refractivity contribution in [3.8, 4) is 0 Å². The molecule has 3 aromatic rings. The zero-order valence-electron chi connectivity index (χ0n) is 14.3. The monoisotopic (exact) mass is 361 g/mol. The van der Waals surface area contributed by atoms with Crippen LogP contribution in [0.15, 0.2) is 48.5 Å². The third-order valence-corrected chi connectivity index (χ3v) is 4.75. The molecule has 0 atom stereocenters. The van der Waals surface area contributed by atoms with Crippen molar-refractivity contribution in [2.24, 2.45) is 0 Å². The number of para-hydroxylation sites is 2. The summed E-state index contributed by atoms with van der Waals surface area (Å²) in [6, 6.07) is 15.6. The lowest BCUT2D eigenvalue weighted by Crippen LogP contribution is -2.22. The first kappa shape index (κ1) is 17.8. The average molecular weight is 361 g/mol. The van der Waals surface area contributed by atoms with E-state index in [1.165, 1.54) is 11.1 Å². The van der Waals surface area contributed by atoms with Gasteiger partial charge in [0.25, 0.3) is 0 Å². The highest BCUT2D eigenvalue weighted by Crippen LogP contribution is 2.24. The van der Waals surface area contributed by atoms with Gasteiger partial charge in [0.1, 0.15) is 0 Å². The van der Waals surface area contributed by atoms with Gasteiger partial charge >= 0.3 is 6.55 Å². The Balaban J connectivity index is 1.87. The molecule has 0 N–H and O–H groups in total. The molecule has 0 aliphatic heterocycles. The second kappa shape index (κ2) is 7.45. The molecule has 1 heterocycles. The number of aryl methyl sites for hydroxylation is 1. The van der Waals surface area contributed by atoms with E-state index >= 15 is 0 Å². The average Bonchev–Trinajstić information content (AvgIpc) is 2.88. The highest BCUT2D eigenvalue weighted by Gasteiger charge is 2.17. The molecule has 1 aromatic heterocycles. The van der Waals surface area contributed by atoms with E-state index in [0.717, 1.165) is 23.0 Å². The minimum Gasteiger partial charge on any atom is -0.303 e. The molecular weight excluding hydrogens is 340 g/mol. The maximum absolute atomic E-state index is 13.4. The van der Waals surface area contributed by atoms with E-state index in [1.807, 2.05) is 19.2 Å². The molecule has 0 amide bonds. The van der Waals surface area contributed by atoms with Crippen molar-refractivity contribution in [2.45, 2.75) is 33.1 Å². The highest BCUT2D eigenvalue weighted by molar-refractivity contribution is 7.71. The fourth-order valence-corrected chi connectivity index (χ4v) is 3.38. The van der Waals surface area contributed by atoms with Crippen LogP contribution in [0.3, 0.4) is 0 Å². The molecule has 0 spiro atoms. The van der Waals surface area contributed by atoms with Gasteiger partial charge in [-0.3, -0.25) is 9.47 Å². The van der Waals surface area contributed by atoms with Crippen molar-refractivity contribution >= 4 is 23.3 Å². The van der Waals surface area contributed by atoms with E-state index in [0.29, 0.717) is 12.2 Å². The van der Waals surface area contributed by atoms with Gasteiger partial charge in [-0.05, 0) is 48.9 Å². The molecule has 0 fully saturated rings. The first-order chi connectivity index (χ1) is 12.0. The summed E-state index contributed by atoms with van der Waals surface area (Å²) >= 11 is 5.30. The molecule has 132 valence electrons. The highest BCUT2D eigenvalue weighted by atomic mass is 32.1. The topological polar surface area (TPSA) is 13.1 Å². The molecule has 0 saturated heterocycles. The second-order valence-electron chi connectivity index (χ2n) is 6.17. The first-order valence-corrected chi connectivity index (χ1v) is 8.66. The number of benzene rings is 2. The maximum atomic E-state index is 13.4. The van der Waals surface area contributed by atoms with Crippen LogP contribution in [0.2, 0.25) is 0 Å². The Morgan fingerprint density at radius 1 is 1.00 bits per heavy atom. The van der Waals surface area contributed by atoms with Gasteiger partial charge in [0.15, 0.2) is 4.77 Å². The zero-order valence-corrected chi connectivity index (χ0v) is 15.1. The van der Waals surface area contributed by atoms with Gasteiger partial charge in [0.2, 0.25) is 0 Å². The Morgan fingerprint density at radius 3 is 2.20 bits per heavy atom. The maximum Gasteiger partial charge on any atom is 0.321 e. The predicted molar refractivity (Wildman–Crippen MR) is 99.3 cm³/mol. The number of alkyl halides is 2. The van der Waals surface area contributed by atoms with Crippen LogP contribution in [0.25, 0.3) is 11.0 Å². The molecule has 25 heavy (non-hydrogen) atoms. The molecule has 0 aliphatic carbocycles. The Labute approximate surface area is 151 Å². The van der Waals surface area contributed by atoms with Crippen LogP contribution in [-0.4, -0.2) is 21.1 Å². The van der Waals surface area contributed by atoms with Gasteiger partial charge in [0.05, 0.1) is 17.7 Å². The molecule has 0 bridgehead atoms. The second-order valence-corrected chi connectivity index (χ2v) is 6.54. The Hall–Kier alpha value is -2.05. The van der Waals surface area contributed by atoms with Crippen LogP contribution in [0.1, 0.15) is 24.6 Å². The zero-order chi connectivity index (χ0) is 18.0. The molecule has 2 aromatic carbocycles. The third kappa shape index (κ3) is 3.65. The van der Waals surface area contributed by atoms with Crippen LogP contribution in [-0.2, 0) is 19.6 Å². The number of aromatic nitrogens is 2. The number of hydrogen-bond acceptors (Lipinski definition) is 2. The minimum atomic E-state index is -2.65. The van der Waals surface area contributed by atoms with E-state index in [2.05, 4.69) is 36.1 Å². The van der Waals surface area contributed by atoms with Crippen molar-refractivity contribution in [3.05, 3.63) is 64.4 Å². The van der Waals surface area contributed by atoms with Crippen LogP contribution in [0, 0.1) is 4.77 Å². The minimum absolute atomic E-state index is 0.143. The number of halogens is 2. The van der Waals surface area contributed by atoms with E-state index in [-0.39, 0.29) is 4.77 Å². The Bertz CT molecular complexity index is 913. The number of imidazole rings is 1. The Kier molecular flexibility index (Phi) is 5.30. The van der Waals surface area contributed by atoms with E-state index in [1.54, 1.807) is 16.7 Å². The van der Waals surface area contributed by atoms with Crippen molar-refractivity contribution in [1.82, 2.24) is 14.0 Å². The quantitative estimate of drug-likeness (QED) is 0.559. The van der Waals surface area contributed by atoms with Crippen LogP contribution in [0.5, 0.6) is 0 Å². The van der Waals surface area contributed by atoms with Gasteiger partial charge in [-0.1, -0.05) is 43.3 Å². The smallest absolute Gasteiger partial charge is 0.303 e. The number of fused-ring (bicyclic) bond motifs is 1. The third-order valence-electron chi connectivity index (χ3n) is 4.33. The largest absolute Gasteiger partial charge is 0.321 e. The van der Waals surface area contributed by atoms with Gasteiger partial charge in [-0.15, -0.1) is 0 Å². The van der Waals surface area contributed by atoms with Gasteiger partial charge in [-0.25, -0.2) is 0 Å². The molecular formula is C19H21F2N3S. The molecule has 6 heteroatoms. The summed E-state index contributed by atoms with van der Waals surface area (Å²) in [5.74, 6) is 0. The van der Waals surface area contributed by atoms with Gasteiger partial charge in [-0.2, -0.15) is 8.78 Å². The first-order valence-electron chi connectivity index (χ1n) is 8.25. The normalized spacial score (nSPS) is 11.8. The van der Waals surface area contributed by atoms with E-state index in [4.69, 9.17) is 12.2 Å². The summed E-state index contributed by atoms with van der Waals surface area (Å²) in [5.41, 5.74) is 3.67. The lowest BCUT2D eigenvalue weighted by atomic mass is 10.1. The fourth-order valence-electron chi connectivity index (χ4n) is 3.04. The van der Waals surface area contributed by atoms with Crippen LogP contribution >= 0.6 is 12.2 Å². The van der Waals surface area contributed by atoms with Gasteiger partial charge in [0, 0.05) is 6.54 Å². The summed E-state index contributed by atoms with van der Waals surface area (Å²) in [4.78, 5) is 2.07. The van der Waals surface area contributed by atoms with Gasteiger partial charge < -0.3 is 4.57 Å². The van der Waals surface area contributed by atoms with Crippen molar-refractivity contribution in [2.75, 3.05) is 7.05 Å².